The zero-order chi connectivity index (χ0) is 17.1. The van der Waals surface area contributed by atoms with Gasteiger partial charge in [-0.1, -0.05) is 0 Å². The molecule has 2 aliphatic heterocycles. The Morgan fingerprint density at radius 1 is 1.21 bits per heavy atom. The summed E-state index contributed by atoms with van der Waals surface area (Å²) in [6.07, 6.45) is 4.35. The van der Waals surface area contributed by atoms with E-state index >= 15 is 0 Å². The largest absolute Gasteiger partial charge is 0.350 e. The van der Waals surface area contributed by atoms with Crippen LogP contribution in [0.15, 0.2) is 12.1 Å². The molecule has 2 saturated heterocycles. The molecule has 0 saturated carbocycles. The van der Waals surface area contributed by atoms with Crippen molar-refractivity contribution in [2.75, 3.05) is 19.6 Å². The smallest absolute Gasteiger partial charge is 0.234 e. The lowest BCUT2D eigenvalue weighted by molar-refractivity contribution is -0.130. The number of rotatable bonds is 5. The first kappa shape index (κ1) is 17.4. The Labute approximate surface area is 148 Å². The van der Waals surface area contributed by atoms with E-state index in [2.05, 4.69) is 29.3 Å². The van der Waals surface area contributed by atoms with Gasteiger partial charge in [-0.05, 0) is 51.3 Å². The van der Waals surface area contributed by atoms with Crippen molar-refractivity contribution in [1.29, 1.82) is 0 Å². The molecule has 24 heavy (non-hydrogen) atoms. The minimum Gasteiger partial charge on any atom is -0.350 e. The van der Waals surface area contributed by atoms with Gasteiger partial charge >= 0.3 is 0 Å². The first-order valence-corrected chi connectivity index (χ1v) is 9.69. The normalized spacial score (nSPS) is 24.5. The number of carbonyl (C=O) groups excluding carboxylic acids is 2. The monoisotopic (exact) mass is 349 g/mol. The van der Waals surface area contributed by atoms with E-state index in [4.69, 9.17) is 0 Å². The molecule has 0 aliphatic carbocycles. The molecule has 6 heteroatoms. The number of amides is 2. The molecule has 5 nitrogen and oxygen atoms in total. The molecule has 2 fully saturated rings. The van der Waals surface area contributed by atoms with Gasteiger partial charge in [0.25, 0.3) is 0 Å². The first-order chi connectivity index (χ1) is 11.5. The van der Waals surface area contributed by atoms with E-state index in [0.717, 1.165) is 38.8 Å². The van der Waals surface area contributed by atoms with Gasteiger partial charge in [0.15, 0.2) is 0 Å². The van der Waals surface area contributed by atoms with Crippen LogP contribution < -0.4 is 5.32 Å². The lowest BCUT2D eigenvalue weighted by Crippen LogP contribution is -2.50. The number of nitrogens with zero attached hydrogens (tertiary/aromatic N) is 2. The fourth-order valence-electron chi connectivity index (χ4n) is 4.07. The average Bonchev–Trinajstić information content (AvgIpc) is 3.24. The summed E-state index contributed by atoms with van der Waals surface area (Å²) in [6.45, 7) is 6.61. The molecule has 2 atom stereocenters. The van der Waals surface area contributed by atoms with Crippen molar-refractivity contribution < 1.29 is 9.59 Å². The number of carbonyl (C=O) groups is 2. The molecule has 3 heterocycles. The first-order valence-electron chi connectivity index (χ1n) is 8.88. The molecule has 1 N–H and O–H groups in total. The molecule has 2 amide bonds. The second kappa shape index (κ2) is 7.66. The van der Waals surface area contributed by atoms with Crippen LogP contribution in [0, 0.1) is 6.92 Å². The Balaban J connectivity index is 1.53. The van der Waals surface area contributed by atoms with Crippen molar-refractivity contribution in [3.8, 4) is 0 Å². The quantitative estimate of drug-likeness (QED) is 0.886. The molecule has 2 aliphatic rings. The van der Waals surface area contributed by atoms with Gasteiger partial charge in [-0.2, -0.15) is 0 Å². The Kier molecular flexibility index (Phi) is 5.56. The highest BCUT2D eigenvalue weighted by Crippen LogP contribution is 2.29. The van der Waals surface area contributed by atoms with Crippen molar-refractivity contribution >= 4 is 23.2 Å². The van der Waals surface area contributed by atoms with Crippen molar-refractivity contribution in [2.45, 2.75) is 58.2 Å². The number of likely N-dealkylation sites (tertiary alicyclic amines) is 2. The van der Waals surface area contributed by atoms with Gasteiger partial charge < -0.3 is 10.2 Å². The van der Waals surface area contributed by atoms with E-state index in [0.29, 0.717) is 19.1 Å². The van der Waals surface area contributed by atoms with Crippen LogP contribution in [-0.4, -0.2) is 53.3 Å². The zero-order valence-electron chi connectivity index (χ0n) is 14.6. The predicted molar refractivity (Wildman–Crippen MR) is 95.9 cm³/mol. The van der Waals surface area contributed by atoms with Gasteiger partial charge in [0.1, 0.15) is 0 Å². The number of hydrogen-bond donors (Lipinski definition) is 1. The van der Waals surface area contributed by atoms with Crippen LogP contribution in [0.3, 0.4) is 0 Å². The third-order valence-electron chi connectivity index (χ3n) is 5.16. The maximum Gasteiger partial charge on any atom is 0.234 e. The second-order valence-corrected chi connectivity index (χ2v) is 8.26. The van der Waals surface area contributed by atoms with E-state index in [1.54, 1.807) is 18.3 Å². The highest BCUT2D eigenvalue weighted by molar-refractivity contribution is 7.11. The fraction of sp³-hybridized carbons (Fsp3) is 0.667. The molecule has 0 bridgehead atoms. The van der Waals surface area contributed by atoms with Gasteiger partial charge in [0.2, 0.25) is 11.8 Å². The summed E-state index contributed by atoms with van der Waals surface area (Å²) in [6, 6.07) is 4.78. The van der Waals surface area contributed by atoms with Crippen molar-refractivity contribution in [3.63, 3.8) is 0 Å². The average molecular weight is 350 g/mol. The SMILES string of the molecule is CC(=O)N1CCC[C@@H]1[C@@H]1CCCN1CC(=O)NCc1ccc(C)s1. The molecule has 1 aromatic heterocycles. The number of thiophene rings is 1. The van der Waals surface area contributed by atoms with Crippen LogP contribution in [0.4, 0.5) is 0 Å². The number of aryl methyl sites for hydroxylation is 1. The number of nitrogens with one attached hydrogen (secondary N) is 1. The lowest BCUT2D eigenvalue weighted by Gasteiger charge is -2.34. The van der Waals surface area contributed by atoms with Crippen LogP contribution in [-0.2, 0) is 16.1 Å². The van der Waals surface area contributed by atoms with E-state index in [9.17, 15) is 9.59 Å². The van der Waals surface area contributed by atoms with E-state index < -0.39 is 0 Å². The maximum absolute atomic E-state index is 12.3. The summed E-state index contributed by atoms with van der Waals surface area (Å²) < 4.78 is 0. The number of hydrogen-bond acceptors (Lipinski definition) is 4. The summed E-state index contributed by atoms with van der Waals surface area (Å²) in [5, 5.41) is 3.03. The molecule has 132 valence electrons. The Morgan fingerprint density at radius 3 is 2.67 bits per heavy atom. The molecular formula is C18H27N3O2S. The lowest BCUT2D eigenvalue weighted by atomic mass is 10.0. The summed E-state index contributed by atoms with van der Waals surface area (Å²) >= 11 is 1.72. The Morgan fingerprint density at radius 2 is 1.96 bits per heavy atom. The van der Waals surface area contributed by atoms with Gasteiger partial charge in [-0.15, -0.1) is 11.3 Å². The highest BCUT2D eigenvalue weighted by atomic mass is 32.1. The maximum atomic E-state index is 12.3. The van der Waals surface area contributed by atoms with E-state index in [-0.39, 0.29) is 17.9 Å². The minimum absolute atomic E-state index is 0.0836. The third-order valence-corrected chi connectivity index (χ3v) is 6.17. The molecular weight excluding hydrogens is 322 g/mol. The Hall–Kier alpha value is -1.40. The van der Waals surface area contributed by atoms with Crippen LogP contribution in [0.5, 0.6) is 0 Å². The van der Waals surface area contributed by atoms with Gasteiger partial charge in [-0.3, -0.25) is 14.5 Å². The van der Waals surface area contributed by atoms with Crippen molar-refractivity contribution in [1.82, 2.24) is 15.1 Å². The summed E-state index contributed by atoms with van der Waals surface area (Å²) in [4.78, 5) is 30.9. The molecule has 3 rings (SSSR count). The predicted octanol–water partition coefficient (Wildman–Crippen LogP) is 2.15. The highest BCUT2D eigenvalue weighted by Gasteiger charge is 2.39. The molecule has 1 aromatic rings. The fourth-order valence-corrected chi connectivity index (χ4v) is 4.90. The summed E-state index contributed by atoms with van der Waals surface area (Å²) in [5.74, 6) is 0.252. The standard InChI is InChI=1S/C18H27N3O2S/c1-13-7-8-15(24-13)11-19-18(23)12-20-9-3-5-16(20)17-6-4-10-21(17)14(2)22/h7-8,16-17H,3-6,9-12H2,1-2H3,(H,19,23)/t16-,17+/m0/s1. The van der Waals surface area contributed by atoms with E-state index in [1.807, 2.05) is 4.90 Å². The third kappa shape index (κ3) is 3.98. The zero-order valence-corrected chi connectivity index (χ0v) is 15.4. The van der Waals surface area contributed by atoms with Crippen molar-refractivity contribution in [2.24, 2.45) is 0 Å². The molecule has 0 spiro atoms. The van der Waals surface area contributed by atoms with Gasteiger partial charge in [-0.25, -0.2) is 0 Å². The topological polar surface area (TPSA) is 52.7 Å². The van der Waals surface area contributed by atoms with Crippen LogP contribution >= 0.6 is 11.3 Å². The Bertz CT molecular complexity index is 601. The van der Waals surface area contributed by atoms with E-state index in [1.165, 1.54) is 9.75 Å². The van der Waals surface area contributed by atoms with Crippen molar-refractivity contribution in [3.05, 3.63) is 21.9 Å². The van der Waals surface area contributed by atoms with Crippen LogP contribution in [0.2, 0.25) is 0 Å². The van der Waals surface area contributed by atoms with Crippen LogP contribution in [0.25, 0.3) is 0 Å². The molecule has 0 aromatic carbocycles. The van der Waals surface area contributed by atoms with Crippen LogP contribution in [0.1, 0.15) is 42.4 Å². The summed E-state index contributed by atoms with van der Waals surface area (Å²) in [7, 11) is 0. The van der Waals surface area contributed by atoms with Gasteiger partial charge in [0, 0.05) is 35.3 Å². The second-order valence-electron chi connectivity index (χ2n) is 6.89. The summed E-state index contributed by atoms with van der Waals surface area (Å²) in [5.41, 5.74) is 0. The molecule has 0 unspecified atom stereocenters. The minimum atomic E-state index is 0.0836. The van der Waals surface area contributed by atoms with Gasteiger partial charge in [0.05, 0.1) is 13.1 Å². The molecule has 0 radical (unpaired) electrons.